The maximum Gasteiger partial charge on any atom is 0.176 e. The summed E-state index contributed by atoms with van der Waals surface area (Å²) in [5, 5.41) is 0.644. The van der Waals surface area contributed by atoms with Gasteiger partial charge < -0.3 is 4.42 Å². The van der Waals surface area contributed by atoms with Crippen molar-refractivity contribution >= 4 is 20.8 Å². The maximum atomic E-state index is 11.3. The first-order valence-corrected chi connectivity index (χ1v) is 5.64. The van der Waals surface area contributed by atoms with Crippen molar-refractivity contribution in [3.63, 3.8) is 0 Å². The van der Waals surface area contributed by atoms with Gasteiger partial charge in [0.1, 0.15) is 5.58 Å². The van der Waals surface area contributed by atoms with Gasteiger partial charge in [0.05, 0.1) is 11.2 Å². The van der Waals surface area contributed by atoms with Crippen LogP contribution < -0.4 is 0 Å². The van der Waals surface area contributed by atoms with Crippen molar-refractivity contribution in [3.05, 3.63) is 30.5 Å². The van der Waals surface area contributed by atoms with Gasteiger partial charge in [0.25, 0.3) is 0 Å². The third-order valence-corrected chi connectivity index (χ3v) is 3.01. The predicted octanol–water partition coefficient (Wildman–Crippen LogP) is 1.84. The van der Waals surface area contributed by atoms with Gasteiger partial charge in [-0.3, -0.25) is 0 Å². The monoisotopic (exact) mass is 196 g/mol. The summed E-state index contributed by atoms with van der Waals surface area (Å²) in [5.74, 6) is 0. The van der Waals surface area contributed by atoms with Crippen molar-refractivity contribution in [2.75, 3.05) is 6.26 Å². The van der Waals surface area contributed by atoms with Gasteiger partial charge in [0.2, 0.25) is 0 Å². The van der Waals surface area contributed by atoms with Crippen molar-refractivity contribution in [1.82, 2.24) is 0 Å². The van der Waals surface area contributed by atoms with Gasteiger partial charge in [-0.15, -0.1) is 0 Å². The second-order valence-corrected chi connectivity index (χ2v) is 4.84. The molecule has 0 saturated carbocycles. The number of fused-ring (bicyclic) bond motifs is 1. The quantitative estimate of drug-likeness (QED) is 0.699. The van der Waals surface area contributed by atoms with E-state index in [2.05, 4.69) is 0 Å². The van der Waals surface area contributed by atoms with E-state index < -0.39 is 9.84 Å². The van der Waals surface area contributed by atoms with E-state index in [1.165, 1.54) is 12.5 Å². The Balaban J connectivity index is 2.91. The molecule has 0 fully saturated rings. The van der Waals surface area contributed by atoms with E-state index in [-0.39, 0.29) is 0 Å². The van der Waals surface area contributed by atoms with Crippen LogP contribution in [0.4, 0.5) is 0 Å². The number of rotatable bonds is 1. The van der Waals surface area contributed by atoms with Crippen LogP contribution in [-0.4, -0.2) is 14.7 Å². The molecule has 0 saturated heterocycles. The van der Waals surface area contributed by atoms with Gasteiger partial charge in [-0.2, -0.15) is 0 Å². The van der Waals surface area contributed by atoms with Crippen molar-refractivity contribution < 1.29 is 12.8 Å². The van der Waals surface area contributed by atoms with Crippen molar-refractivity contribution in [2.24, 2.45) is 0 Å². The van der Waals surface area contributed by atoms with E-state index in [0.29, 0.717) is 15.9 Å². The van der Waals surface area contributed by atoms with Gasteiger partial charge in [0.15, 0.2) is 9.84 Å². The first-order chi connectivity index (χ1) is 6.09. The molecule has 3 nitrogen and oxygen atoms in total. The van der Waals surface area contributed by atoms with Crippen LogP contribution in [-0.2, 0) is 9.84 Å². The fraction of sp³-hybridized carbons (Fsp3) is 0.111. The molecule has 13 heavy (non-hydrogen) atoms. The standard InChI is InChI=1S/C9H8O3S/c1-13(10,11)9-4-2-3-8-7(9)5-6-12-8/h2-6H,1H3. The molecule has 4 heteroatoms. The van der Waals surface area contributed by atoms with Crippen LogP contribution in [0, 0.1) is 0 Å². The predicted molar refractivity (Wildman–Crippen MR) is 49.3 cm³/mol. The summed E-state index contributed by atoms with van der Waals surface area (Å²) in [5.41, 5.74) is 0.600. The smallest absolute Gasteiger partial charge is 0.176 e. The Morgan fingerprint density at radius 3 is 2.69 bits per heavy atom. The second-order valence-electron chi connectivity index (χ2n) is 2.86. The van der Waals surface area contributed by atoms with Crippen LogP contribution in [0.3, 0.4) is 0 Å². The highest BCUT2D eigenvalue weighted by Crippen LogP contribution is 2.23. The van der Waals surface area contributed by atoms with Crippen molar-refractivity contribution in [2.45, 2.75) is 4.90 Å². The molecule has 0 unspecified atom stereocenters. The summed E-state index contributed by atoms with van der Waals surface area (Å²) >= 11 is 0. The van der Waals surface area contributed by atoms with E-state index in [1.807, 2.05) is 0 Å². The molecule has 0 amide bonds. The number of hydrogen-bond acceptors (Lipinski definition) is 3. The third kappa shape index (κ3) is 1.33. The first kappa shape index (κ1) is 8.31. The van der Waals surface area contributed by atoms with Gasteiger partial charge in [-0.05, 0) is 18.2 Å². The minimum atomic E-state index is -3.16. The highest BCUT2D eigenvalue weighted by Gasteiger charge is 2.11. The summed E-state index contributed by atoms with van der Waals surface area (Å²) in [6, 6.07) is 6.64. The molecule has 0 aliphatic heterocycles. The Labute approximate surface area is 75.9 Å². The number of sulfone groups is 1. The lowest BCUT2D eigenvalue weighted by atomic mass is 10.3. The SMILES string of the molecule is CS(=O)(=O)c1cccc2occc12. The number of furan rings is 1. The van der Waals surface area contributed by atoms with Crippen LogP contribution in [0.2, 0.25) is 0 Å². The molecule has 0 aliphatic rings. The molecule has 1 aromatic heterocycles. The van der Waals surface area contributed by atoms with E-state index in [0.717, 1.165) is 0 Å². The fourth-order valence-corrected chi connectivity index (χ4v) is 2.18. The van der Waals surface area contributed by atoms with E-state index in [1.54, 1.807) is 24.3 Å². The van der Waals surface area contributed by atoms with Crippen LogP contribution in [0.15, 0.2) is 39.8 Å². The fourth-order valence-electron chi connectivity index (χ4n) is 1.29. The Hall–Kier alpha value is -1.29. The molecule has 2 aromatic rings. The summed E-state index contributed by atoms with van der Waals surface area (Å²) in [4.78, 5) is 0.318. The van der Waals surface area contributed by atoms with E-state index in [9.17, 15) is 8.42 Å². The Morgan fingerprint density at radius 1 is 1.23 bits per heavy atom. The lowest BCUT2D eigenvalue weighted by molar-refractivity contribution is 0.601. The topological polar surface area (TPSA) is 47.3 Å². The summed E-state index contributed by atoms with van der Waals surface area (Å²) in [6.45, 7) is 0. The molecule has 0 atom stereocenters. The Bertz CT molecular complexity index is 537. The van der Waals surface area contributed by atoms with Crippen molar-refractivity contribution in [3.8, 4) is 0 Å². The minimum Gasteiger partial charge on any atom is -0.464 e. The average Bonchev–Trinajstić information content (AvgIpc) is 2.48. The van der Waals surface area contributed by atoms with Gasteiger partial charge in [0, 0.05) is 11.6 Å². The number of hydrogen-bond donors (Lipinski definition) is 0. The zero-order chi connectivity index (χ0) is 9.47. The lowest BCUT2D eigenvalue weighted by Crippen LogP contribution is -1.96. The van der Waals surface area contributed by atoms with E-state index in [4.69, 9.17) is 4.42 Å². The summed E-state index contributed by atoms with van der Waals surface area (Å²) in [7, 11) is -3.16. The second kappa shape index (κ2) is 2.60. The maximum absolute atomic E-state index is 11.3. The highest BCUT2D eigenvalue weighted by atomic mass is 32.2. The minimum absolute atomic E-state index is 0.318. The molecular formula is C9H8O3S. The highest BCUT2D eigenvalue weighted by molar-refractivity contribution is 7.91. The molecule has 0 bridgehead atoms. The zero-order valence-corrected chi connectivity index (χ0v) is 7.84. The van der Waals surface area contributed by atoms with Crippen molar-refractivity contribution in [1.29, 1.82) is 0 Å². The van der Waals surface area contributed by atoms with Gasteiger partial charge in [-0.25, -0.2) is 8.42 Å². The number of benzene rings is 1. The molecule has 0 radical (unpaired) electrons. The normalized spacial score (nSPS) is 12.1. The molecule has 1 aromatic carbocycles. The third-order valence-electron chi connectivity index (χ3n) is 1.86. The summed E-state index contributed by atoms with van der Waals surface area (Å²) in [6.07, 6.45) is 2.67. The Kier molecular flexibility index (Phi) is 1.66. The molecule has 68 valence electrons. The zero-order valence-electron chi connectivity index (χ0n) is 7.02. The molecule has 0 N–H and O–H groups in total. The van der Waals surface area contributed by atoms with Crippen LogP contribution in [0.25, 0.3) is 11.0 Å². The average molecular weight is 196 g/mol. The Morgan fingerprint density at radius 2 is 2.00 bits per heavy atom. The lowest BCUT2D eigenvalue weighted by Gasteiger charge is -1.97. The van der Waals surface area contributed by atoms with E-state index >= 15 is 0 Å². The van der Waals surface area contributed by atoms with Crippen LogP contribution in [0.1, 0.15) is 0 Å². The van der Waals surface area contributed by atoms with Gasteiger partial charge >= 0.3 is 0 Å². The summed E-state index contributed by atoms with van der Waals surface area (Å²) < 4.78 is 27.7. The molecule has 1 heterocycles. The largest absolute Gasteiger partial charge is 0.464 e. The molecule has 0 aliphatic carbocycles. The van der Waals surface area contributed by atoms with Crippen LogP contribution >= 0.6 is 0 Å². The molecule has 0 spiro atoms. The molecular weight excluding hydrogens is 188 g/mol. The van der Waals surface area contributed by atoms with Gasteiger partial charge in [-0.1, -0.05) is 6.07 Å². The van der Waals surface area contributed by atoms with Crippen LogP contribution in [0.5, 0.6) is 0 Å². The first-order valence-electron chi connectivity index (χ1n) is 3.75. The molecule has 2 rings (SSSR count).